The van der Waals surface area contributed by atoms with E-state index in [1.807, 2.05) is 42.5 Å². The summed E-state index contributed by atoms with van der Waals surface area (Å²) in [6, 6.07) is 13.8. The molecule has 0 spiro atoms. The first-order chi connectivity index (χ1) is 9.33. The van der Waals surface area contributed by atoms with Gasteiger partial charge in [0, 0.05) is 31.2 Å². The number of H-pyrrole nitrogens is 1. The zero-order chi connectivity index (χ0) is 13.1. The molecule has 0 radical (unpaired) electrons. The van der Waals surface area contributed by atoms with E-state index in [2.05, 4.69) is 15.6 Å². The molecule has 0 saturated carbocycles. The molecule has 1 saturated heterocycles. The van der Waals surface area contributed by atoms with Crippen molar-refractivity contribution in [3.05, 3.63) is 48.2 Å². The summed E-state index contributed by atoms with van der Waals surface area (Å²) in [5.41, 5.74) is 2.67. The van der Waals surface area contributed by atoms with E-state index >= 15 is 0 Å². The summed E-state index contributed by atoms with van der Waals surface area (Å²) in [6.07, 6.45) is 0. The van der Waals surface area contributed by atoms with Crippen LogP contribution in [0.2, 0.25) is 0 Å². The van der Waals surface area contributed by atoms with E-state index in [1.165, 1.54) is 0 Å². The van der Waals surface area contributed by atoms with Crippen molar-refractivity contribution < 1.29 is 4.79 Å². The maximum Gasteiger partial charge on any atom is 0.267 e. The molecule has 0 atom stereocenters. The summed E-state index contributed by atoms with van der Waals surface area (Å²) in [7, 11) is 0. The van der Waals surface area contributed by atoms with Gasteiger partial charge in [0.25, 0.3) is 5.91 Å². The molecule has 2 heterocycles. The molecule has 0 unspecified atom stereocenters. The number of hydrogen-bond donors (Lipinski definition) is 3. The molecule has 1 aromatic carbocycles. The molecule has 0 bridgehead atoms. The number of hydrogen-bond acceptors (Lipinski definition) is 2. The molecule has 19 heavy (non-hydrogen) atoms. The summed E-state index contributed by atoms with van der Waals surface area (Å²) in [4.78, 5) is 15.1. The van der Waals surface area contributed by atoms with Crippen LogP contribution in [0.15, 0.2) is 42.5 Å². The Morgan fingerprint density at radius 1 is 1.16 bits per heavy atom. The Balaban J connectivity index is 1.65. The third-order valence-electron chi connectivity index (χ3n) is 3.43. The van der Waals surface area contributed by atoms with Gasteiger partial charge >= 0.3 is 0 Å². The lowest BCUT2D eigenvalue weighted by atomic mass is 10.0. The van der Waals surface area contributed by atoms with Gasteiger partial charge in [-0.15, -0.1) is 0 Å². The zero-order valence-corrected chi connectivity index (χ0v) is 10.6. The fourth-order valence-corrected chi connectivity index (χ4v) is 2.14. The van der Waals surface area contributed by atoms with E-state index in [1.54, 1.807) is 0 Å². The fraction of sp³-hybridized carbons (Fsp3) is 0.267. The van der Waals surface area contributed by atoms with Crippen molar-refractivity contribution in [3.8, 4) is 11.3 Å². The van der Waals surface area contributed by atoms with Gasteiger partial charge in [-0.2, -0.15) is 0 Å². The van der Waals surface area contributed by atoms with E-state index in [4.69, 9.17) is 0 Å². The highest BCUT2D eigenvalue weighted by atomic mass is 16.1. The van der Waals surface area contributed by atoms with Crippen molar-refractivity contribution in [3.63, 3.8) is 0 Å². The van der Waals surface area contributed by atoms with Gasteiger partial charge in [0.05, 0.1) is 0 Å². The lowest BCUT2D eigenvalue weighted by Crippen LogP contribution is -2.48. The first kappa shape index (κ1) is 12.0. The number of aromatic amines is 1. The van der Waals surface area contributed by atoms with Crippen LogP contribution in [0.25, 0.3) is 11.3 Å². The highest BCUT2D eigenvalue weighted by molar-refractivity contribution is 5.93. The fourth-order valence-electron chi connectivity index (χ4n) is 2.14. The lowest BCUT2D eigenvalue weighted by molar-refractivity contribution is 0.0938. The van der Waals surface area contributed by atoms with Crippen molar-refractivity contribution in [2.24, 2.45) is 5.92 Å². The smallest absolute Gasteiger partial charge is 0.267 e. The topological polar surface area (TPSA) is 56.9 Å². The van der Waals surface area contributed by atoms with Gasteiger partial charge in [-0.25, -0.2) is 0 Å². The number of benzene rings is 1. The molecule has 1 aliphatic rings. The second-order valence-corrected chi connectivity index (χ2v) is 4.89. The molecule has 1 aromatic heterocycles. The number of amides is 1. The Bertz CT molecular complexity index is 558. The summed E-state index contributed by atoms with van der Waals surface area (Å²) in [6.45, 7) is 2.74. The predicted octanol–water partition coefficient (Wildman–Crippen LogP) is 1.63. The average Bonchev–Trinajstić information content (AvgIpc) is 2.87. The SMILES string of the molecule is O=C(NCC1CNC1)c1ccc(-c2ccccc2)[nH]1. The zero-order valence-electron chi connectivity index (χ0n) is 10.6. The number of carbonyl (C=O) groups excluding carboxylic acids is 1. The first-order valence-corrected chi connectivity index (χ1v) is 6.56. The number of rotatable bonds is 4. The van der Waals surface area contributed by atoms with E-state index in [9.17, 15) is 4.79 Å². The molecule has 4 nitrogen and oxygen atoms in total. The molecule has 4 heteroatoms. The first-order valence-electron chi connectivity index (χ1n) is 6.56. The van der Waals surface area contributed by atoms with E-state index in [0.717, 1.165) is 30.9 Å². The van der Waals surface area contributed by atoms with E-state index in [0.29, 0.717) is 11.6 Å². The molecule has 1 aliphatic heterocycles. The van der Waals surface area contributed by atoms with Gasteiger partial charge in [0.15, 0.2) is 0 Å². The molecule has 98 valence electrons. The Hall–Kier alpha value is -2.07. The molecule has 0 aliphatic carbocycles. The summed E-state index contributed by atoms with van der Waals surface area (Å²) in [5, 5.41) is 6.15. The maximum absolute atomic E-state index is 12.0. The molecule has 3 rings (SSSR count). The Morgan fingerprint density at radius 3 is 2.63 bits per heavy atom. The Morgan fingerprint density at radius 2 is 1.95 bits per heavy atom. The Labute approximate surface area is 112 Å². The molecule has 2 aromatic rings. The minimum atomic E-state index is -0.0333. The normalized spacial score (nSPS) is 14.9. The second-order valence-electron chi connectivity index (χ2n) is 4.89. The largest absolute Gasteiger partial charge is 0.351 e. The predicted molar refractivity (Wildman–Crippen MR) is 74.9 cm³/mol. The lowest BCUT2D eigenvalue weighted by Gasteiger charge is -2.26. The van der Waals surface area contributed by atoms with E-state index < -0.39 is 0 Å². The van der Waals surface area contributed by atoms with Crippen molar-refractivity contribution in [1.82, 2.24) is 15.6 Å². The minimum absolute atomic E-state index is 0.0333. The van der Waals surface area contributed by atoms with Crippen molar-refractivity contribution in [2.45, 2.75) is 0 Å². The standard InChI is InChI=1S/C15H17N3O/c19-15(17-10-11-8-16-9-11)14-7-6-13(18-14)12-4-2-1-3-5-12/h1-7,11,16,18H,8-10H2,(H,17,19). The van der Waals surface area contributed by atoms with E-state index in [-0.39, 0.29) is 5.91 Å². The van der Waals surface area contributed by atoms with Gasteiger partial charge in [0.1, 0.15) is 5.69 Å². The minimum Gasteiger partial charge on any atom is -0.351 e. The highest BCUT2D eigenvalue weighted by Crippen LogP contribution is 2.17. The van der Waals surface area contributed by atoms with Crippen LogP contribution in [0, 0.1) is 5.92 Å². The number of carbonyl (C=O) groups is 1. The third kappa shape index (κ3) is 2.69. The van der Waals surface area contributed by atoms with Gasteiger partial charge in [-0.3, -0.25) is 4.79 Å². The van der Waals surface area contributed by atoms with Crippen LogP contribution < -0.4 is 10.6 Å². The number of nitrogens with one attached hydrogen (secondary N) is 3. The average molecular weight is 255 g/mol. The van der Waals surface area contributed by atoms with Crippen LogP contribution in [-0.4, -0.2) is 30.5 Å². The quantitative estimate of drug-likeness (QED) is 0.777. The molecular formula is C15H17N3O. The van der Waals surface area contributed by atoms with Crippen LogP contribution in [0.3, 0.4) is 0 Å². The second kappa shape index (κ2) is 5.28. The maximum atomic E-state index is 12.0. The monoisotopic (exact) mass is 255 g/mol. The Kier molecular flexibility index (Phi) is 3.33. The molecule has 3 N–H and O–H groups in total. The van der Waals surface area contributed by atoms with Crippen LogP contribution in [-0.2, 0) is 0 Å². The molecular weight excluding hydrogens is 238 g/mol. The molecule has 1 amide bonds. The van der Waals surface area contributed by atoms with Crippen LogP contribution in [0.1, 0.15) is 10.5 Å². The summed E-state index contributed by atoms with van der Waals surface area (Å²) in [5.74, 6) is 0.543. The van der Waals surface area contributed by atoms with Gasteiger partial charge < -0.3 is 15.6 Å². The van der Waals surface area contributed by atoms with Crippen molar-refractivity contribution >= 4 is 5.91 Å². The van der Waals surface area contributed by atoms with Crippen LogP contribution in [0.5, 0.6) is 0 Å². The van der Waals surface area contributed by atoms with Gasteiger partial charge in [-0.05, 0) is 17.7 Å². The van der Waals surface area contributed by atoms with Crippen molar-refractivity contribution in [1.29, 1.82) is 0 Å². The third-order valence-corrected chi connectivity index (χ3v) is 3.43. The van der Waals surface area contributed by atoms with Gasteiger partial charge in [-0.1, -0.05) is 30.3 Å². The summed E-state index contributed by atoms with van der Waals surface area (Å²) < 4.78 is 0. The summed E-state index contributed by atoms with van der Waals surface area (Å²) >= 11 is 0. The van der Waals surface area contributed by atoms with Crippen LogP contribution >= 0.6 is 0 Å². The highest BCUT2D eigenvalue weighted by Gasteiger charge is 2.18. The van der Waals surface area contributed by atoms with Crippen LogP contribution in [0.4, 0.5) is 0 Å². The van der Waals surface area contributed by atoms with Gasteiger partial charge in [0.2, 0.25) is 0 Å². The molecule has 1 fully saturated rings. The number of aromatic nitrogens is 1. The van der Waals surface area contributed by atoms with Crippen molar-refractivity contribution in [2.75, 3.05) is 19.6 Å².